The van der Waals surface area contributed by atoms with E-state index in [9.17, 15) is 24.6 Å². The fourth-order valence-corrected chi connectivity index (χ4v) is 8.98. The predicted molar refractivity (Wildman–Crippen MR) is 208 cm³/mol. The number of carbonyl (C=O) groups excluding carboxylic acids is 3. The molecule has 1 saturated carbocycles. The number of aliphatic hydroxyl groups is 2. The van der Waals surface area contributed by atoms with Gasteiger partial charge in [0.1, 0.15) is 11.5 Å². The van der Waals surface area contributed by atoms with Crippen LogP contribution in [0.15, 0.2) is 78.9 Å². The van der Waals surface area contributed by atoms with Crippen molar-refractivity contribution in [3.8, 4) is 0 Å². The van der Waals surface area contributed by atoms with Crippen molar-refractivity contribution < 1.29 is 29.3 Å². The Labute approximate surface area is 313 Å². The van der Waals surface area contributed by atoms with Crippen LogP contribution in [-0.2, 0) is 25.5 Å². The molecule has 1 amide bonds. The van der Waals surface area contributed by atoms with Gasteiger partial charge < -0.3 is 20.3 Å². The number of nitrogens with one attached hydrogen (secondary N) is 1. The lowest BCUT2D eigenvalue weighted by Crippen LogP contribution is -2.59. The van der Waals surface area contributed by atoms with E-state index in [1.165, 1.54) is 32.1 Å². The lowest BCUT2D eigenvalue weighted by atomic mass is 9.51. The van der Waals surface area contributed by atoms with Crippen LogP contribution in [0.4, 0.5) is 0 Å². The van der Waals surface area contributed by atoms with Crippen molar-refractivity contribution in [1.29, 1.82) is 0 Å². The van der Waals surface area contributed by atoms with Crippen molar-refractivity contribution in [3.05, 3.63) is 84.5 Å². The standard InChI is InChI=1S/C45H65NO6/c1-7-8-9-10-11-12-13-14-15-17-21-31(2)26-27-40(48)52-39-29-38(47)45-36(25-20-22-32(3)30-44(39,6)51)42(49)34(5)33(4)41(45)37(46-43(45)50)28-35-23-18-16-19-24-35/h13-20,23-25,31-33,36-37,39,41-42,49,51H,5,7-12,21-22,26-30H2,1-4,6H3,(H,46,50)/b14-13+,17-15+,25-20?/t31?,32-,33+,36-,37-,39-,41-,42+,44-,45+/m1/s1. The average Bonchev–Trinajstić information content (AvgIpc) is 3.39. The molecule has 1 aromatic carbocycles. The molecule has 2 aliphatic carbocycles. The molecule has 3 aliphatic rings. The van der Waals surface area contributed by atoms with Crippen LogP contribution in [-0.4, -0.2) is 51.7 Å². The molecule has 1 aromatic rings. The van der Waals surface area contributed by atoms with E-state index in [1.54, 1.807) is 6.92 Å². The number of ether oxygens (including phenoxy) is 1. The first-order chi connectivity index (χ1) is 24.8. The summed E-state index contributed by atoms with van der Waals surface area (Å²) >= 11 is 0. The molecule has 1 spiro atoms. The van der Waals surface area contributed by atoms with Crippen LogP contribution in [0.1, 0.15) is 117 Å². The normalized spacial score (nSPS) is 33.1. The highest BCUT2D eigenvalue weighted by molar-refractivity contribution is 6.09. The van der Waals surface area contributed by atoms with Crippen LogP contribution < -0.4 is 5.32 Å². The Morgan fingerprint density at radius 3 is 2.54 bits per heavy atom. The van der Waals surface area contributed by atoms with E-state index in [4.69, 9.17) is 4.74 Å². The maximum absolute atomic E-state index is 14.9. The van der Waals surface area contributed by atoms with Gasteiger partial charge in [-0.15, -0.1) is 0 Å². The van der Waals surface area contributed by atoms with Crippen molar-refractivity contribution in [2.75, 3.05) is 0 Å². The zero-order chi connectivity index (χ0) is 37.9. The third kappa shape index (κ3) is 10.0. The zero-order valence-electron chi connectivity index (χ0n) is 32.4. The number of ketones is 1. The third-order valence-electron chi connectivity index (χ3n) is 12.0. The second-order valence-corrected chi connectivity index (χ2v) is 16.4. The van der Waals surface area contributed by atoms with Gasteiger partial charge in [-0.3, -0.25) is 14.4 Å². The monoisotopic (exact) mass is 715 g/mol. The van der Waals surface area contributed by atoms with E-state index in [-0.39, 0.29) is 36.6 Å². The van der Waals surface area contributed by atoms with Gasteiger partial charge in [0.05, 0.1) is 11.7 Å². The Kier molecular flexibility index (Phi) is 15.3. The van der Waals surface area contributed by atoms with Crippen LogP contribution >= 0.6 is 0 Å². The summed E-state index contributed by atoms with van der Waals surface area (Å²) in [5, 5.41) is 26.7. The van der Waals surface area contributed by atoms with E-state index in [1.807, 2.05) is 56.3 Å². The van der Waals surface area contributed by atoms with Gasteiger partial charge in [-0.2, -0.15) is 0 Å². The van der Waals surface area contributed by atoms with E-state index in [0.29, 0.717) is 31.3 Å². The van der Waals surface area contributed by atoms with E-state index in [0.717, 1.165) is 18.4 Å². The van der Waals surface area contributed by atoms with Gasteiger partial charge in [0.15, 0.2) is 5.78 Å². The molecule has 3 N–H and O–H groups in total. The highest BCUT2D eigenvalue weighted by atomic mass is 16.6. The summed E-state index contributed by atoms with van der Waals surface area (Å²) in [4.78, 5) is 42.7. The van der Waals surface area contributed by atoms with Crippen LogP contribution in [0.3, 0.4) is 0 Å². The van der Waals surface area contributed by atoms with Gasteiger partial charge >= 0.3 is 5.97 Å². The fraction of sp³-hybridized carbons (Fsp3) is 0.622. The van der Waals surface area contributed by atoms with E-state index in [2.05, 4.69) is 50.0 Å². The van der Waals surface area contributed by atoms with E-state index < -0.39 is 52.7 Å². The Hall–Kier alpha value is -3.29. The quantitative estimate of drug-likeness (QED) is 0.0553. The van der Waals surface area contributed by atoms with Crippen molar-refractivity contribution in [3.63, 3.8) is 0 Å². The number of rotatable bonds is 15. The summed E-state index contributed by atoms with van der Waals surface area (Å²) in [6.45, 7) is 14.1. The third-order valence-corrected chi connectivity index (χ3v) is 12.0. The summed E-state index contributed by atoms with van der Waals surface area (Å²) < 4.78 is 6.04. The number of hydrogen-bond acceptors (Lipinski definition) is 6. The van der Waals surface area contributed by atoms with Crippen LogP contribution in [0.2, 0.25) is 0 Å². The molecule has 52 heavy (non-hydrogen) atoms. The number of esters is 1. The Balaban J connectivity index is 1.50. The molecule has 4 rings (SSSR count). The second kappa shape index (κ2) is 19.2. The molecule has 1 unspecified atom stereocenters. The number of unbranched alkanes of at least 4 members (excludes halogenated alkanes) is 5. The number of benzene rings is 1. The maximum Gasteiger partial charge on any atom is 0.306 e. The van der Waals surface area contributed by atoms with Gasteiger partial charge in [0.2, 0.25) is 5.91 Å². The molecule has 1 heterocycles. The van der Waals surface area contributed by atoms with Crippen LogP contribution in [0, 0.1) is 35.0 Å². The van der Waals surface area contributed by atoms with Crippen LogP contribution in [0.25, 0.3) is 0 Å². The highest BCUT2D eigenvalue weighted by Crippen LogP contribution is 2.57. The first-order valence-electron chi connectivity index (χ1n) is 20.0. The predicted octanol–water partition coefficient (Wildman–Crippen LogP) is 8.40. The van der Waals surface area contributed by atoms with Crippen molar-refractivity contribution >= 4 is 17.7 Å². The van der Waals surface area contributed by atoms with Crippen molar-refractivity contribution in [2.24, 2.45) is 35.0 Å². The Bertz CT molecular complexity index is 1440. The second-order valence-electron chi connectivity index (χ2n) is 16.4. The first-order valence-corrected chi connectivity index (χ1v) is 20.0. The number of hydrogen-bond donors (Lipinski definition) is 3. The molecular formula is C45H65NO6. The smallest absolute Gasteiger partial charge is 0.306 e. The minimum absolute atomic E-state index is 0.0135. The number of allylic oxidation sites excluding steroid dienone is 5. The van der Waals surface area contributed by atoms with Crippen LogP contribution in [0.5, 0.6) is 0 Å². The summed E-state index contributed by atoms with van der Waals surface area (Å²) in [5.74, 6) is -2.75. The summed E-state index contributed by atoms with van der Waals surface area (Å²) in [6, 6.07) is 9.48. The number of aliphatic hydroxyl groups excluding tert-OH is 1. The fourth-order valence-electron chi connectivity index (χ4n) is 8.98. The summed E-state index contributed by atoms with van der Waals surface area (Å²) in [5.41, 5.74) is -1.49. The van der Waals surface area contributed by atoms with Gasteiger partial charge in [0, 0.05) is 30.7 Å². The molecule has 7 heteroatoms. The molecule has 1 aliphatic heterocycles. The van der Waals surface area contributed by atoms with Crippen molar-refractivity contribution in [2.45, 2.75) is 142 Å². The largest absolute Gasteiger partial charge is 0.459 e. The van der Waals surface area contributed by atoms with Crippen molar-refractivity contribution in [1.82, 2.24) is 5.32 Å². The van der Waals surface area contributed by atoms with Gasteiger partial charge in [-0.05, 0) is 80.8 Å². The molecule has 0 bridgehead atoms. The first kappa shape index (κ1) is 41.5. The number of amides is 1. The molecule has 286 valence electrons. The molecular weight excluding hydrogens is 650 g/mol. The van der Waals surface area contributed by atoms with E-state index >= 15 is 0 Å². The molecule has 1 saturated heterocycles. The zero-order valence-corrected chi connectivity index (χ0v) is 32.4. The lowest BCUT2D eigenvalue weighted by molar-refractivity contribution is -0.171. The Morgan fingerprint density at radius 2 is 1.81 bits per heavy atom. The van der Waals surface area contributed by atoms with Gasteiger partial charge in [-0.25, -0.2) is 0 Å². The molecule has 2 fully saturated rings. The topological polar surface area (TPSA) is 113 Å². The van der Waals surface area contributed by atoms with Gasteiger partial charge in [0.25, 0.3) is 0 Å². The number of Topliss-reactive ketones (excluding diaryl/α,β-unsaturated/α-hetero) is 1. The minimum Gasteiger partial charge on any atom is -0.459 e. The Morgan fingerprint density at radius 1 is 1.10 bits per heavy atom. The summed E-state index contributed by atoms with van der Waals surface area (Å²) in [6.07, 6.45) is 20.1. The lowest BCUT2D eigenvalue weighted by Gasteiger charge is -2.49. The summed E-state index contributed by atoms with van der Waals surface area (Å²) in [7, 11) is 0. The number of carbonyl (C=O) groups is 3. The average molecular weight is 716 g/mol. The SMILES string of the molecule is C=C1[C@H](C)[C@@H]2[C@@H](Cc3ccccc3)NC(=O)[C@@]23C(=O)C[C@@H](OC(=O)CCC(C)C/C=C/C=C/CCCCCCC)[C@](C)(O)C[C@H](C)CC=C[C@@H]3[C@H]1O. The van der Waals surface area contributed by atoms with Gasteiger partial charge in [-0.1, -0.05) is 127 Å². The maximum atomic E-state index is 14.9. The molecule has 0 radical (unpaired) electrons. The molecule has 0 aromatic heterocycles. The minimum atomic E-state index is -1.62. The molecule has 10 atom stereocenters. The molecule has 7 nitrogen and oxygen atoms in total. The highest BCUT2D eigenvalue weighted by Gasteiger charge is 2.68.